The maximum Gasteiger partial charge on any atom is 0.124 e. The Kier molecular flexibility index (Phi) is 3.92. The fraction of sp³-hybridized carbons (Fsp3) is 0.357. The summed E-state index contributed by atoms with van der Waals surface area (Å²) in [5, 5.41) is 10.7. The molecule has 102 valence electrons. The standard InChI is InChI=1S/C14H17ClFN3/c1-14(2,3)17-7-9-8-18-19-13(9)11-5-4-10(16)6-12(11)15/h4-6,8,17H,7H2,1-3H3,(H,18,19). The topological polar surface area (TPSA) is 40.7 Å². The molecule has 1 aromatic carbocycles. The highest BCUT2D eigenvalue weighted by Crippen LogP contribution is 2.29. The van der Waals surface area contributed by atoms with Gasteiger partial charge in [-0.25, -0.2) is 4.39 Å². The third-order valence-electron chi connectivity index (χ3n) is 2.73. The zero-order chi connectivity index (χ0) is 14.0. The first-order chi connectivity index (χ1) is 8.87. The number of H-pyrrole nitrogens is 1. The van der Waals surface area contributed by atoms with Crippen LogP contribution in [0.1, 0.15) is 26.3 Å². The van der Waals surface area contributed by atoms with Crippen molar-refractivity contribution in [3.05, 3.63) is 40.8 Å². The van der Waals surface area contributed by atoms with Gasteiger partial charge < -0.3 is 5.32 Å². The van der Waals surface area contributed by atoms with E-state index in [0.29, 0.717) is 11.6 Å². The molecule has 0 saturated heterocycles. The first-order valence-corrected chi connectivity index (χ1v) is 6.47. The van der Waals surface area contributed by atoms with Crippen LogP contribution in [-0.2, 0) is 6.54 Å². The van der Waals surface area contributed by atoms with Gasteiger partial charge in [-0.3, -0.25) is 5.10 Å². The lowest BCUT2D eigenvalue weighted by atomic mass is 10.1. The molecule has 0 bridgehead atoms. The summed E-state index contributed by atoms with van der Waals surface area (Å²) in [4.78, 5) is 0. The second-order valence-corrected chi connectivity index (χ2v) is 5.91. The van der Waals surface area contributed by atoms with Gasteiger partial charge in [0.2, 0.25) is 0 Å². The first kappa shape index (κ1) is 14.0. The molecular weight excluding hydrogens is 265 g/mol. The Morgan fingerprint density at radius 2 is 2.11 bits per heavy atom. The molecule has 0 atom stereocenters. The number of hydrogen-bond acceptors (Lipinski definition) is 2. The van der Waals surface area contributed by atoms with Gasteiger partial charge in [0.25, 0.3) is 0 Å². The Balaban J connectivity index is 2.28. The summed E-state index contributed by atoms with van der Waals surface area (Å²) >= 11 is 6.07. The predicted octanol–water partition coefficient (Wildman–Crippen LogP) is 3.76. The van der Waals surface area contributed by atoms with Crippen molar-refractivity contribution in [3.63, 3.8) is 0 Å². The summed E-state index contributed by atoms with van der Waals surface area (Å²) in [5.41, 5.74) is 2.60. The number of hydrogen-bond donors (Lipinski definition) is 2. The quantitative estimate of drug-likeness (QED) is 0.899. The Morgan fingerprint density at radius 3 is 2.74 bits per heavy atom. The minimum absolute atomic E-state index is 0.0150. The van der Waals surface area contributed by atoms with E-state index in [4.69, 9.17) is 11.6 Å². The second-order valence-electron chi connectivity index (χ2n) is 5.50. The highest BCUT2D eigenvalue weighted by atomic mass is 35.5. The van der Waals surface area contributed by atoms with E-state index < -0.39 is 0 Å². The van der Waals surface area contributed by atoms with Crippen LogP contribution in [0.2, 0.25) is 5.02 Å². The van der Waals surface area contributed by atoms with Gasteiger partial charge in [0.05, 0.1) is 16.9 Å². The summed E-state index contributed by atoms with van der Waals surface area (Å²) in [6.45, 7) is 6.95. The molecule has 2 aromatic rings. The van der Waals surface area contributed by atoms with E-state index in [1.54, 1.807) is 12.3 Å². The number of benzene rings is 1. The van der Waals surface area contributed by atoms with Crippen molar-refractivity contribution in [1.82, 2.24) is 15.5 Å². The fourth-order valence-corrected chi connectivity index (χ4v) is 1.99. The Morgan fingerprint density at radius 1 is 1.37 bits per heavy atom. The third kappa shape index (κ3) is 3.55. The molecule has 1 aromatic heterocycles. The maximum absolute atomic E-state index is 13.1. The average molecular weight is 282 g/mol. The minimum Gasteiger partial charge on any atom is -0.308 e. The molecule has 0 amide bonds. The third-order valence-corrected chi connectivity index (χ3v) is 3.04. The number of aromatic amines is 1. The molecule has 0 spiro atoms. The van der Waals surface area contributed by atoms with Gasteiger partial charge >= 0.3 is 0 Å². The minimum atomic E-state index is -0.345. The number of nitrogens with one attached hydrogen (secondary N) is 2. The van der Waals surface area contributed by atoms with E-state index >= 15 is 0 Å². The van der Waals surface area contributed by atoms with Crippen LogP contribution >= 0.6 is 11.6 Å². The van der Waals surface area contributed by atoms with Gasteiger partial charge in [0.15, 0.2) is 0 Å². The van der Waals surface area contributed by atoms with Crippen molar-refractivity contribution in [3.8, 4) is 11.3 Å². The van der Waals surface area contributed by atoms with Crippen molar-refractivity contribution < 1.29 is 4.39 Å². The SMILES string of the molecule is CC(C)(C)NCc1cn[nH]c1-c1ccc(F)cc1Cl. The van der Waals surface area contributed by atoms with Gasteiger partial charge in [-0.1, -0.05) is 11.6 Å². The van der Waals surface area contributed by atoms with Gasteiger partial charge in [-0.05, 0) is 39.0 Å². The van der Waals surface area contributed by atoms with E-state index in [1.165, 1.54) is 12.1 Å². The fourth-order valence-electron chi connectivity index (χ4n) is 1.73. The van der Waals surface area contributed by atoms with Crippen LogP contribution in [-0.4, -0.2) is 15.7 Å². The van der Waals surface area contributed by atoms with Gasteiger partial charge in [-0.2, -0.15) is 5.10 Å². The van der Waals surface area contributed by atoms with Gasteiger partial charge in [0.1, 0.15) is 5.82 Å². The molecule has 0 aliphatic rings. The van der Waals surface area contributed by atoms with E-state index in [2.05, 4.69) is 36.3 Å². The van der Waals surface area contributed by atoms with Crippen LogP contribution in [0.4, 0.5) is 4.39 Å². The number of nitrogens with zero attached hydrogens (tertiary/aromatic N) is 1. The van der Waals surface area contributed by atoms with E-state index in [9.17, 15) is 4.39 Å². The van der Waals surface area contributed by atoms with Crippen molar-refractivity contribution >= 4 is 11.6 Å². The molecule has 2 rings (SSSR count). The number of halogens is 2. The zero-order valence-electron chi connectivity index (χ0n) is 11.2. The molecule has 0 unspecified atom stereocenters. The Labute approximate surface area is 117 Å². The lowest BCUT2D eigenvalue weighted by molar-refractivity contribution is 0.424. The molecule has 3 nitrogen and oxygen atoms in total. The largest absolute Gasteiger partial charge is 0.308 e. The average Bonchev–Trinajstić information content (AvgIpc) is 2.73. The monoisotopic (exact) mass is 281 g/mol. The highest BCUT2D eigenvalue weighted by molar-refractivity contribution is 6.33. The highest BCUT2D eigenvalue weighted by Gasteiger charge is 2.14. The van der Waals surface area contributed by atoms with Crippen LogP contribution in [0.5, 0.6) is 0 Å². The van der Waals surface area contributed by atoms with E-state index in [0.717, 1.165) is 16.8 Å². The van der Waals surface area contributed by atoms with Crippen LogP contribution in [0.15, 0.2) is 24.4 Å². The van der Waals surface area contributed by atoms with Crippen molar-refractivity contribution in [2.45, 2.75) is 32.9 Å². The number of rotatable bonds is 3. The van der Waals surface area contributed by atoms with Crippen LogP contribution in [0, 0.1) is 5.82 Å². The summed E-state index contributed by atoms with van der Waals surface area (Å²) in [5.74, 6) is -0.345. The van der Waals surface area contributed by atoms with E-state index in [1.807, 2.05) is 0 Å². The van der Waals surface area contributed by atoms with Crippen LogP contribution < -0.4 is 5.32 Å². The summed E-state index contributed by atoms with van der Waals surface area (Å²) in [7, 11) is 0. The van der Waals surface area contributed by atoms with Crippen LogP contribution in [0.25, 0.3) is 11.3 Å². The molecule has 0 aliphatic carbocycles. The first-order valence-electron chi connectivity index (χ1n) is 6.09. The van der Waals surface area contributed by atoms with Crippen LogP contribution in [0.3, 0.4) is 0 Å². The van der Waals surface area contributed by atoms with Gasteiger partial charge in [-0.15, -0.1) is 0 Å². The molecule has 0 aliphatic heterocycles. The smallest absolute Gasteiger partial charge is 0.124 e. The Hall–Kier alpha value is -1.39. The molecule has 0 saturated carbocycles. The number of aromatic nitrogens is 2. The van der Waals surface area contributed by atoms with Crippen molar-refractivity contribution in [2.75, 3.05) is 0 Å². The lowest BCUT2D eigenvalue weighted by Crippen LogP contribution is -2.35. The molecule has 1 heterocycles. The van der Waals surface area contributed by atoms with E-state index in [-0.39, 0.29) is 11.4 Å². The van der Waals surface area contributed by atoms with Crippen molar-refractivity contribution in [1.29, 1.82) is 0 Å². The Bertz CT molecular complexity index is 572. The summed E-state index contributed by atoms with van der Waals surface area (Å²) in [6.07, 6.45) is 1.76. The molecular formula is C14H17ClFN3. The lowest BCUT2D eigenvalue weighted by Gasteiger charge is -2.20. The molecule has 2 N–H and O–H groups in total. The normalized spacial score (nSPS) is 11.8. The molecule has 5 heteroatoms. The summed E-state index contributed by atoms with van der Waals surface area (Å²) in [6, 6.07) is 4.35. The predicted molar refractivity (Wildman–Crippen MR) is 75.6 cm³/mol. The zero-order valence-corrected chi connectivity index (χ0v) is 12.0. The maximum atomic E-state index is 13.1. The second kappa shape index (κ2) is 5.31. The molecule has 19 heavy (non-hydrogen) atoms. The van der Waals surface area contributed by atoms with Gasteiger partial charge in [0, 0.05) is 23.2 Å². The molecule has 0 radical (unpaired) electrons. The van der Waals surface area contributed by atoms with Crippen molar-refractivity contribution in [2.24, 2.45) is 0 Å². The molecule has 0 fully saturated rings. The summed E-state index contributed by atoms with van der Waals surface area (Å²) < 4.78 is 13.1.